The predicted molar refractivity (Wildman–Crippen MR) is 228 cm³/mol. The molecule has 0 bridgehead atoms. The van der Waals surface area contributed by atoms with Gasteiger partial charge in [-0.15, -0.1) is 0 Å². The SMILES string of the molecule is CC(C)Oc1ccc(S(=O)(=O)Nc2ncc(Cl)cc2S(=O)(=O)c2ccccc2)cc1.CC(C)Oc1ccc(S(=O)(=O)Nc2ncc(Cl)cc2S(=O)c2ccccc2)cc1. The van der Waals surface area contributed by atoms with Crippen LogP contribution in [0.5, 0.6) is 11.5 Å². The van der Waals surface area contributed by atoms with Crippen molar-refractivity contribution in [1.29, 1.82) is 0 Å². The first-order valence-corrected chi connectivity index (χ1v) is 23.9. The fourth-order valence-electron chi connectivity index (χ4n) is 5.05. The molecule has 19 heteroatoms. The van der Waals surface area contributed by atoms with Gasteiger partial charge in [0.25, 0.3) is 20.0 Å². The Bertz CT molecular complexity index is 2750. The third-order valence-electron chi connectivity index (χ3n) is 7.61. The molecule has 1 atom stereocenters. The minimum absolute atomic E-state index is 0.00954. The number of sulfone groups is 1. The van der Waals surface area contributed by atoms with Crippen LogP contribution in [0.25, 0.3) is 0 Å². The molecule has 0 aliphatic carbocycles. The van der Waals surface area contributed by atoms with Gasteiger partial charge in [0.1, 0.15) is 16.4 Å². The van der Waals surface area contributed by atoms with E-state index in [1.807, 2.05) is 27.7 Å². The number of benzene rings is 4. The molecule has 0 saturated heterocycles. The van der Waals surface area contributed by atoms with Gasteiger partial charge in [-0.05, 0) is 113 Å². The summed E-state index contributed by atoms with van der Waals surface area (Å²) >= 11 is 11.9. The Morgan fingerprint density at radius 1 is 0.559 bits per heavy atom. The fourth-order valence-corrected chi connectivity index (χ4v) is 10.3. The van der Waals surface area contributed by atoms with Crippen molar-refractivity contribution in [3.63, 3.8) is 0 Å². The Morgan fingerprint density at radius 2 is 0.983 bits per heavy atom. The van der Waals surface area contributed by atoms with Crippen molar-refractivity contribution in [2.75, 3.05) is 9.44 Å². The predicted octanol–water partition coefficient (Wildman–Crippen LogP) is 8.65. The summed E-state index contributed by atoms with van der Waals surface area (Å²) in [5.74, 6) is 0.695. The van der Waals surface area contributed by atoms with Crippen molar-refractivity contribution in [2.24, 2.45) is 0 Å². The van der Waals surface area contributed by atoms with Gasteiger partial charge in [-0.25, -0.2) is 39.4 Å². The first-order chi connectivity index (χ1) is 27.9. The molecule has 2 heterocycles. The molecule has 0 saturated carbocycles. The number of hydrogen-bond acceptors (Lipinski definition) is 11. The second-order valence-electron chi connectivity index (χ2n) is 12.9. The van der Waals surface area contributed by atoms with Crippen molar-refractivity contribution < 1.29 is 38.9 Å². The van der Waals surface area contributed by atoms with Gasteiger partial charge >= 0.3 is 0 Å². The van der Waals surface area contributed by atoms with E-state index in [1.54, 1.807) is 60.7 Å². The van der Waals surface area contributed by atoms with Crippen molar-refractivity contribution in [2.45, 2.75) is 69.3 Å². The maximum Gasteiger partial charge on any atom is 0.263 e. The Hall–Kier alpha value is -5.04. The third-order valence-corrected chi connectivity index (χ3v) is 13.9. The maximum atomic E-state index is 13.0. The number of anilines is 2. The second kappa shape index (κ2) is 19.4. The number of hydrogen-bond donors (Lipinski definition) is 2. The summed E-state index contributed by atoms with van der Waals surface area (Å²) in [6, 6.07) is 30.7. The number of halogens is 2. The van der Waals surface area contributed by atoms with E-state index in [0.29, 0.717) is 16.4 Å². The van der Waals surface area contributed by atoms with Crippen LogP contribution >= 0.6 is 23.2 Å². The molecule has 0 aliphatic heterocycles. The van der Waals surface area contributed by atoms with Crippen LogP contribution in [0.1, 0.15) is 27.7 Å². The van der Waals surface area contributed by atoms with E-state index >= 15 is 0 Å². The normalized spacial score (nSPS) is 12.3. The van der Waals surface area contributed by atoms with Crippen LogP contribution < -0.4 is 18.9 Å². The highest BCUT2D eigenvalue weighted by molar-refractivity contribution is 7.93. The molecule has 6 rings (SSSR count). The van der Waals surface area contributed by atoms with Gasteiger partial charge < -0.3 is 9.47 Å². The van der Waals surface area contributed by atoms with Gasteiger partial charge in [0.2, 0.25) is 9.84 Å². The van der Waals surface area contributed by atoms with Gasteiger partial charge in [-0.3, -0.25) is 9.44 Å². The molecule has 310 valence electrons. The highest BCUT2D eigenvalue weighted by atomic mass is 35.5. The molecule has 2 N–H and O–H groups in total. The molecule has 0 radical (unpaired) electrons. The number of aromatic nitrogens is 2. The van der Waals surface area contributed by atoms with E-state index in [0.717, 1.165) is 6.07 Å². The molecule has 13 nitrogen and oxygen atoms in total. The van der Waals surface area contributed by atoms with Gasteiger partial charge in [0.05, 0.1) is 52.6 Å². The molecule has 0 fully saturated rings. The van der Waals surface area contributed by atoms with E-state index in [-0.39, 0.29) is 58.4 Å². The molecule has 0 spiro atoms. The Kier molecular flexibility index (Phi) is 14.8. The summed E-state index contributed by atoms with van der Waals surface area (Å²) in [5, 5.41) is 0.310. The molecule has 0 amide bonds. The van der Waals surface area contributed by atoms with E-state index in [1.165, 1.54) is 67.0 Å². The monoisotopic (exact) mass is 916 g/mol. The van der Waals surface area contributed by atoms with Gasteiger partial charge in [-0.1, -0.05) is 59.6 Å². The molecular formula is C40H38Cl2N4O9S4. The topological polar surface area (TPSA) is 188 Å². The van der Waals surface area contributed by atoms with Gasteiger partial charge in [0.15, 0.2) is 11.6 Å². The fraction of sp³-hybridized carbons (Fsp3) is 0.150. The number of nitrogens with one attached hydrogen (secondary N) is 2. The average Bonchev–Trinajstić information content (AvgIpc) is 3.19. The maximum absolute atomic E-state index is 13.0. The van der Waals surface area contributed by atoms with Crippen LogP contribution in [0.4, 0.5) is 11.6 Å². The highest BCUT2D eigenvalue weighted by Crippen LogP contribution is 2.31. The van der Waals surface area contributed by atoms with Crippen LogP contribution in [0.3, 0.4) is 0 Å². The zero-order chi connectivity index (χ0) is 43.0. The van der Waals surface area contributed by atoms with Crippen molar-refractivity contribution >= 4 is 75.5 Å². The standard InChI is InChI=1S/C20H19ClN2O5S2.C20H19ClN2O4S2/c1-14(2)28-16-8-10-18(11-9-16)30(26,27)23-20-19(12-15(21)13-22-20)29(24,25)17-6-4-3-5-7-17;1-14(2)27-16-8-10-18(11-9-16)29(25,26)23-20-19(12-15(21)13-22-20)28(24)17-6-4-3-5-7-17/h3-14H,1-2H3,(H,22,23);3-14H,1-2H3,(H,22,23). The summed E-state index contributed by atoms with van der Waals surface area (Å²) in [6.45, 7) is 7.47. The Labute approximate surface area is 356 Å². The molecule has 6 aromatic rings. The summed E-state index contributed by atoms with van der Waals surface area (Å²) in [7, 11) is -13.8. The molecule has 2 aromatic heterocycles. The first kappa shape index (κ1) is 45.1. The van der Waals surface area contributed by atoms with E-state index in [4.69, 9.17) is 32.7 Å². The molecule has 0 aliphatic rings. The highest BCUT2D eigenvalue weighted by Gasteiger charge is 2.26. The Balaban J connectivity index is 0.000000224. The van der Waals surface area contributed by atoms with Crippen LogP contribution in [0, 0.1) is 0 Å². The smallest absolute Gasteiger partial charge is 0.263 e. The number of sulfonamides is 2. The lowest BCUT2D eigenvalue weighted by molar-refractivity contribution is 0.242. The Morgan fingerprint density at radius 3 is 1.46 bits per heavy atom. The minimum Gasteiger partial charge on any atom is -0.491 e. The zero-order valence-corrected chi connectivity index (χ0v) is 36.6. The van der Waals surface area contributed by atoms with Crippen LogP contribution in [0.2, 0.25) is 10.0 Å². The van der Waals surface area contributed by atoms with Crippen LogP contribution in [-0.2, 0) is 40.7 Å². The molecular weight excluding hydrogens is 880 g/mol. The lowest BCUT2D eigenvalue weighted by Gasteiger charge is -2.13. The van der Waals surface area contributed by atoms with Gasteiger partial charge in [-0.2, -0.15) is 0 Å². The number of pyridine rings is 2. The second-order valence-corrected chi connectivity index (χ2v) is 20.5. The largest absolute Gasteiger partial charge is 0.491 e. The van der Waals surface area contributed by atoms with Gasteiger partial charge in [0, 0.05) is 17.3 Å². The average molecular weight is 918 g/mol. The summed E-state index contributed by atoms with van der Waals surface area (Å²) in [5.41, 5.74) is 0. The zero-order valence-electron chi connectivity index (χ0n) is 31.8. The van der Waals surface area contributed by atoms with Crippen molar-refractivity contribution in [1.82, 2.24) is 9.97 Å². The van der Waals surface area contributed by atoms with E-state index in [2.05, 4.69) is 19.4 Å². The van der Waals surface area contributed by atoms with Crippen molar-refractivity contribution in [3.8, 4) is 11.5 Å². The molecule has 1 unspecified atom stereocenters. The number of nitrogens with zero attached hydrogens (tertiary/aromatic N) is 2. The summed E-state index contributed by atoms with van der Waals surface area (Å²) in [6.07, 6.45) is 2.38. The van der Waals surface area contributed by atoms with Crippen LogP contribution in [0.15, 0.2) is 163 Å². The van der Waals surface area contributed by atoms with E-state index < -0.39 is 40.7 Å². The first-order valence-electron chi connectivity index (χ1n) is 17.5. The van der Waals surface area contributed by atoms with Crippen molar-refractivity contribution in [3.05, 3.63) is 144 Å². The quantitative estimate of drug-likeness (QED) is 0.106. The number of ether oxygens (including phenoxy) is 2. The lowest BCUT2D eigenvalue weighted by atomic mass is 10.3. The summed E-state index contributed by atoms with van der Waals surface area (Å²) in [4.78, 5) is 8.25. The number of rotatable bonds is 14. The minimum atomic E-state index is -4.11. The lowest BCUT2D eigenvalue weighted by Crippen LogP contribution is -2.17. The molecule has 4 aromatic carbocycles. The molecule has 59 heavy (non-hydrogen) atoms. The van der Waals surface area contributed by atoms with E-state index in [9.17, 15) is 29.5 Å². The third kappa shape index (κ3) is 12.0. The van der Waals surface area contributed by atoms with Crippen LogP contribution in [-0.4, -0.2) is 51.6 Å². The summed E-state index contributed by atoms with van der Waals surface area (Å²) < 4.78 is 106.